The van der Waals surface area contributed by atoms with Crippen LogP contribution in [0.25, 0.3) is 0 Å². The molecule has 0 unspecified atom stereocenters. The highest BCUT2D eigenvalue weighted by molar-refractivity contribution is 6.30. The molecule has 3 aliphatic heterocycles. The summed E-state index contributed by atoms with van der Waals surface area (Å²) >= 11 is 6.16. The van der Waals surface area contributed by atoms with Crippen LogP contribution >= 0.6 is 11.6 Å². The van der Waals surface area contributed by atoms with E-state index in [9.17, 15) is 9.59 Å². The standard InChI is InChI=1S/C21H25ClN4O3/c1-2-6-26-17-14-25(8-7-24-9-11-29-12-10-24)20(27)18(17)19(23-21(26)28)15-4-3-5-16(22)13-15/h2-5,13,19H,1,6-12,14H2,(H,23,28)/p+1/t19-/m1/s1. The first-order chi connectivity index (χ1) is 14.1. The number of urea groups is 1. The lowest BCUT2D eigenvalue weighted by Crippen LogP contribution is -3.14. The van der Waals surface area contributed by atoms with E-state index in [2.05, 4.69) is 11.9 Å². The highest BCUT2D eigenvalue weighted by atomic mass is 35.5. The summed E-state index contributed by atoms with van der Waals surface area (Å²) in [4.78, 5) is 31.0. The Balaban J connectivity index is 1.59. The van der Waals surface area contributed by atoms with Crippen molar-refractivity contribution in [1.29, 1.82) is 0 Å². The van der Waals surface area contributed by atoms with Crippen molar-refractivity contribution in [3.63, 3.8) is 0 Å². The summed E-state index contributed by atoms with van der Waals surface area (Å²) in [5.41, 5.74) is 2.21. The first-order valence-corrected chi connectivity index (χ1v) is 10.3. The molecule has 3 amide bonds. The van der Waals surface area contributed by atoms with Crippen molar-refractivity contribution >= 4 is 23.5 Å². The van der Waals surface area contributed by atoms with Crippen molar-refractivity contribution in [1.82, 2.24) is 15.1 Å². The van der Waals surface area contributed by atoms with Gasteiger partial charge in [0.15, 0.2) is 0 Å². The monoisotopic (exact) mass is 417 g/mol. The fraction of sp³-hybridized carbons (Fsp3) is 0.429. The molecule has 1 atom stereocenters. The number of benzene rings is 1. The van der Waals surface area contributed by atoms with Crippen LogP contribution < -0.4 is 10.2 Å². The Morgan fingerprint density at radius 1 is 1.31 bits per heavy atom. The van der Waals surface area contributed by atoms with Crippen molar-refractivity contribution < 1.29 is 19.2 Å². The molecule has 154 valence electrons. The van der Waals surface area contributed by atoms with E-state index in [0.717, 1.165) is 44.1 Å². The van der Waals surface area contributed by atoms with Gasteiger partial charge in [0.25, 0.3) is 5.91 Å². The largest absolute Gasteiger partial charge is 0.370 e. The van der Waals surface area contributed by atoms with Crippen molar-refractivity contribution in [3.05, 3.63) is 58.8 Å². The zero-order valence-corrected chi connectivity index (χ0v) is 17.1. The van der Waals surface area contributed by atoms with E-state index in [-0.39, 0.29) is 11.9 Å². The summed E-state index contributed by atoms with van der Waals surface area (Å²) in [7, 11) is 0. The van der Waals surface area contributed by atoms with Crippen LogP contribution in [0.2, 0.25) is 5.02 Å². The Bertz CT molecular complexity index is 850. The quantitative estimate of drug-likeness (QED) is 0.666. The molecule has 1 fully saturated rings. The van der Waals surface area contributed by atoms with E-state index in [4.69, 9.17) is 16.3 Å². The number of rotatable bonds is 6. The molecule has 0 spiro atoms. The zero-order chi connectivity index (χ0) is 20.4. The van der Waals surface area contributed by atoms with Crippen LogP contribution in [0.5, 0.6) is 0 Å². The van der Waals surface area contributed by atoms with Gasteiger partial charge >= 0.3 is 6.03 Å². The van der Waals surface area contributed by atoms with Gasteiger partial charge in [0.1, 0.15) is 13.1 Å². The van der Waals surface area contributed by atoms with Crippen LogP contribution in [0.3, 0.4) is 0 Å². The Labute approximate surface area is 175 Å². The number of halogens is 1. The summed E-state index contributed by atoms with van der Waals surface area (Å²) in [5.74, 6) is -0.0216. The molecule has 4 rings (SSSR count). The van der Waals surface area contributed by atoms with Gasteiger partial charge < -0.3 is 19.9 Å². The second-order valence-corrected chi connectivity index (χ2v) is 7.97. The Morgan fingerprint density at radius 3 is 2.83 bits per heavy atom. The number of quaternary nitrogens is 1. The average Bonchev–Trinajstić information content (AvgIpc) is 3.05. The number of amides is 3. The van der Waals surface area contributed by atoms with Crippen molar-refractivity contribution in [2.24, 2.45) is 0 Å². The minimum atomic E-state index is -0.495. The second kappa shape index (κ2) is 8.57. The fourth-order valence-corrected chi connectivity index (χ4v) is 4.39. The first kappa shape index (κ1) is 19.9. The molecule has 0 aliphatic carbocycles. The van der Waals surface area contributed by atoms with Crippen LogP contribution in [0.4, 0.5) is 4.79 Å². The molecular formula is C21H26ClN4O3+. The third kappa shape index (κ3) is 4.03. The van der Waals surface area contributed by atoms with Crippen LogP contribution in [0.1, 0.15) is 11.6 Å². The van der Waals surface area contributed by atoms with Gasteiger partial charge in [0, 0.05) is 11.6 Å². The predicted octanol–water partition coefficient (Wildman–Crippen LogP) is 0.604. The van der Waals surface area contributed by atoms with Gasteiger partial charge in [-0.15, -0.1) is 6.58 Å². The van der Waals surface area contributed by atoms with Gasteiger partial charge in [-0.25, -0.2) is 4.79 Å². The maximum atomic E-state index is 13.3. The summed E-state index contributed by atoms with van der Waals surface area (Å²) < 4.78 is 5.41. The third-order valence-electron chi connectivity index (χ3n) is 5.73. The van der Waals surface area contributed by atoms with Gasteiger partial charge in [0.2, 0.25) is 0 Å². The normalized spacial score (nSPS) is 22.7. The molecule has 0 aromatic heterocycles. The summed E-state index contributed by atoms with van der Waals surface area (Å²) in [6.07, 6.45) is 1.68. The number of ether oxygens (including phenoxy) is 1. The number of carbonyl (C=O) groups excluding carboxylic acids is 2. The molecule has 0 saturated carbocycles. The molecule has 7 nitrogen and oxygen atoms in total. The van der Waals surface area contributed by atoms with Crippen LogP contribution in [0.15, 0.2) is 48.2 Å². The maximum Gasteiger partial charge on any atom is 0.322 e. The number of hydrogen-bond acceptors (Lipinski definition) is 3. The number of hydrogen-bond donors (Lipinski definition) is 2. The van der Waals surface area contributed by atoms with Crippen molar-refractivity contribution in [3.8, 4) is 0 Å². The molecule has 2 N–H and O–H groups in total. The Kier molecular flexibility index (Phi) is 5.89. The van der Waals surface area contributed by atoms with Crippen molar-refractivity contribution in [2.45, 2.75) is 6.04 Å². The van der Waals surface area contributed by atoms with Gasteiger partial charge in [0.05, 0.1) is 50.2 Å². The molecule has 0 bridgehead atoms. The van der Waals surface area contributed by atoms with E-state index in [1.54, 1.807) is 23.1 Å². The van der Waals surface area contributed by atoms with E-state index in [0.29, 0.717) is 30.2 Å². The fourth-order valence-electron chi connectivity index (χ4n) is 4.19. The lowest BCUT2D eigenvalue weighted by atomic mass is 9.95. The molecular weight excluding hydrogens is 392 g/mol. The Morgan fingerprint density at radius 2 is 2.10 bits per heavy atom. The summed E-state index contributed by atoms with van der Waals surface area (Å²) in [5, 5.41) is 3.55. The molecule has 8 heteroatoms. The third-order valence-corrected chi connectivity index (χ3v) is 5.96. The van der Waals surface area contributed by atoms with Crippen LogP contribution in [-0.4, -0.2) is 74.2 Å². The SMILES string of the molecule is C=CCN1C(=O)N[C@H](c2cccc(Cl)c2)C2=C1CN(CC[NH+]1CCOCC1)C2=O. The predicted molar refractivity (Wildman–Crippen MR) is 110 cm³/mol. The van der Waals surface area contributed by atoms with Crippen LogP contribution in [0, 0.1) is 0 Å². The first-order valence-electron chi connectivity index (χ1n) is 9.96. The molecule has 1 aromatic carbocycles. The summed E-state index contributed by atoms with van der Waals surface area (Å²) in [6.45, 7) is 9.54. The molecule has 1 aromatic rings. The second-order valence-electron chi connectivity index (χ2n) is 7.54. The summed E-state index contributed by atoms with van der Waals surface area (Å²) in [6, 6.07) is 6.58. The van der Waals surface area contributed by atoms with E-state index in [1.807, 2.05) is 17.0 Å². The lowest BCUT2D eigenvalue weighted by Gasteiger charge is -2.33. The zero-order valence-electron chi connectivity index (χ0n) is 16.3. The molecule has 3 aliphatic rings. The number of carbonyl (C=O) groups is 2. The van der Waals surface area contributed by atoms with Crippen LogP contribution in [-0.2, 0) is 9.53 Å². The lowest BCUT2D eigenvalue weighted by molar-refractivity contribution is -0.907. The Hall–Kier alpha value is -2.35. The minimum absolute atomic E-state index is 0.0216. The molecule has 29 heavy (non-hydrogen) atoms. The highest BCUT2D eigenvalue weighted by Crippen LogP contribution is 2.36. The minimum Gasteiger partial charge on any atom is -0.370 e. The van der Waals surface area contributed by atoms with E-state index >= 15 is 0 Å². The van der Waals surface area contributed by atoms with E-state index < -0.39 is 6.04 Å². The number of nitrogens with one attached hydrogen (secondary N) is 2. The van der Waals surface area contributed by atoms with Gasteiger partial charge in [-0.2, -0.15) is 0 Å². The number of morpholine rings is 1. The smallest absolute Gasteiger partial charge is 0.322 e. The number of nitrogens with zero attached hydrogens (tertiary/aromatic N) is 2. The molecule has 1 saturated heterocycles. The van der Waals surface area contributed by atoms with E-state index in [1.165, 1.54) is 4.90 Å². The molecule has 3 heterocycles. The van der Waals surface area contributed by atoms with Crippen molar-refractivity contribution in [2.75, 3.05) is 52.5 Å². The van der Waals surface area contributed by atoms with Gasteiger partial charge in [-0.1, -0.05) is 29.8 Å². The average molecular weight is 418 g/mol. The molecule has 0 radical (unpaired) electrons. The van der Waals surface area contributed by atoms with Gasteiger partial charge in [-0.05, 0) is 17.7 Å². The maximum absolute atomic E-state index is 13.3. The highest BCUT2D eigenvalue weighted by Gasteiger charge is 2.43. The topological polar surface area (TPSA) is 66.3 Å². The van der Waals surface area contributed by atoms with Gasteiger partial charge in [-0.3, -0.25) is 9.69 Å².